The second kappa shape index (κ2) is 7.47. The van der Waals surface area contributed by atoms with Gasteiger partial charge in [0.1, 0.15) is 5.25 Å². The lowest BCUT2D eigenvalue weighted by Crippen LogP contribution is -2.08. The highest BCUT2D eigenvalue weighted by Gasteiger charge is 2.22. The minimum Gasteiger partial charge on any atom is -0.480 e. The SMILES string of the molecule is O=C(O)[C@H](Sc1nccc(-c2ccc(Cl)cc2)n1)c1ccccc1. The minimum atomic E-state index is -0.924. The number of carbonyl (C=O) groups is 1. The van der Waals surface area contributed by atoms with E-state index in [1.165, 1.54) is 0 Å². The molecule has 0 fully saturated rings. The summed E-state index contributed by atoms with van der Waals surface area (Å²) in [5.74, 6) is -0.924. The molecule has 2 aromatic carbocycles. The van der Waals surface area contributed by atoms with Crippen molar-refractivity contribution in [2.45, 2.75) is 10.4 Å². The van der Waals surface area contributed by atoms with Crippen LogP contribution in [-0.2, 0) is 4.79 Å². The monoisotopic (exact) mass is 356 g/mol. The lowest BCUT2D eigenvalue weighted by Gasteiger charge is -2.11. The van der Waals surface area contributed by atoms with Gasteiger partial charge >= 0.3 is 5.97 Å². The Balaban J connectivity index is 1.88. The highest BCUT2D eigenvalue weighted by Crippen LogP contribution is 2.34. The van der Waals surface area contributed by atoms with Crippen molar-refractivity contribution in [3.63, 3.8) is 0 Å². The maximum absolute atomic E-state index is 11.6. The molecule has 120 valence electrons. The van der Waals surface area contributed by atoms with Crippen LogP contribution in [0.5, 0.6) is 0 Å². The molecule has 6 heteroatoms. The van der Waals surface area contributed by atoms with Crippen LogP contribution in [0.3, 0.4) is 0 Å². The first kappa shape index (κ1) is 16.5. The van der Waals surface area contributed by atoms with E-state index >= 15 is 0 Å². The van der Waals surface area contributed by atoms with Crippen molar-refractivity contribution in [1.29, 1.82) is 0 Å². The number of halogens is 1. The van der Waals surface area contributed by atoms with Crippen LogP contribution in [0.2, 0.25) is 5.02 Å². The Hall–Kier alpha value is -2.37. The van der Waals surface area contributed by atoms with Gasteiger partial charge in [-0.05, 0) is 23.8 Å². The van der Waals surface area contributed by atoms with E-state index in [0.29, 0.717) is 15.7 Å². The van der Waals surface area contributed by atoms with Gasteiger partial charge in [-0.15, -0.1) is 0 Å². The summed E-state index contributed by atoms with van der Waals surface area (Å²) in [5, 5.41) is 9.82. The number of rotatable bonds is 5. The average Bonchev–Trinajstić information content (AvgIpc) is 2.61. The van der Waals surface area contributed by atoms with E-state index in [4.69, 9.17) is 11.6 Å². The maximum atomic E-state index is 11.6. The van der Waals surface area contributed by atoms with Crippen molar-refractivity contribution in [1.82, 2.24) is 9.97 Å². The molecule has 24 heavy (non-hydrogen) atoms. The maximum Gasteiger partial charge on any atom is 0.321 e. The number of thioether (sulfide) groups is 1. The van der Waals surface area contributed by atoms with Gasteiger partial charge in [-0.2, -0.15) is 0 Å². The van der Waals surface area contributed by atoms with Gasteiger partial charge in [-0.25, -0.2) is 9.97 Å². The molecule has 3 aromatic rings. The summed E-state index contributed by atoms with van der Waals surface area (Å²) < 4.78 is 0. The molecule has 1 aromatic heterocycles. The van der Waals surface area contributed by atoms with E-state index in [-0.39, 0.29) is 0 Å². The number of carboxylic acid groups (broad SMARTS) is 1. The predicted octanol–water partition coefficient (Wildman–Crippen LogP) is 4.72. The van der Waals surface area contributed by atoms with Crippen molar-refractivity contribution in [3.8, 4) is 11.3 Å². The Morgan fingerprint density at radius 1 is 1.04 bits per heavy atom. The molecule has 1 atom stereocenters. The normalized spacial score (nSPS) is 11.9. The van der Waals surface area contributed by atoms with Crippen molar-refractivity contribution < 1.29 is 9.90 Å². The lowest BCUT2D eigenvalue weighted by atomic mass is 10.1. The van der Waals surface area contributed by atoms with Gasteiger partial charge < -0.3 is 5.11 Å². The summed E-state index contributed by atoms with van der Waals surface area (Å²) >= 11 is 7.01. The highest BCUT2D eigenvalue weighted by atomic mass is 35.5. The van der Waals surface area contributed by atoms with Crippen LogP contribution in [0.1, 0.15) is 10.8 Å². The van der Waals surface area contributed by atoms with E-state index in [1.807, 2.05) is 30.3 Å². The van der Waals surface area contributed by atoms with Gasteiger partial charge in [-0.3, -0.25) is 4.79 Å². The van der Waals surface area contributed by atoms with Crippen LogP contribution in [0.25, 0.3) is 11.3 Å². The molecule has 0 saturated carbocycles. The molecule has 1 heterocycles. The summed E-state index contributed by atoms with van der Waals surface area (Å²) in [6.07, 6.45) is 1.63. The fourth-order valence-corrected chi connectivity index (χ4v) is 3.18. The Kier molecular flexibility index (Phi) is 5.13. The van der Waals surface area contributed by atoms with Gasteiger partial charge in [0, 0.05) is 16.8 Å². The fraction of sp³-hybridized carbons (Fsp3) is 0.0556. The average molecular weight is 357 g/mol. The largest absolute Gasteiger partial charge is 0.480 e. The van der Waals surface area contributed by atoms with E-state index < -0.39 is 11.2 Å². The van der Waals surface area contributed by atoms with Gasteiger partial charge in [0.15, 0.2) is 5.16 Å². The molecular formula is C18H13ClN2O2S. The second-order valence-electron chi connectivity index (χ2n) is 4.98. The molecule has 0 aliphatic heterocycles. The molecule has 3 rings (SSSR count). The quantitative estimate of drug-likeness (QED) is 0.529. The molecule has 0 amide bonds. The van der Waals surface area contributed by atoms with Crippen LogP contribution in [0.4, 0.5) is 0 Å². The van der Waals surface area contributed by atoms with Crippen LogP contribution in [0.15, 0.2) is 72.0 Å². The van der Waals surface area contributed by atoms with E-state index in [2.05, 4.69) is 9.97 Å². The first-order valence-corrected chi connectivity index (χ1v) is 8.42. The van der Waals surface area contributed by atoms with Gasteiger partial charge in [0.05, 0.1) is 5.69 Å². The zero-order valence-electron chi connectivity index (χ0n) is 12.5. The first-order chi connectivity index (χ1) is 11.6. The molecule has 0 radical (unpaired) electrons. The summed E-state index contributed by atoms with van der Waals surface area (Å²) in [6, 6.07) is 18.1. The van der Waals surface area contributed by atoms with E-state index in [1.54, 1.807) is 36.5 Å². The molecule has 4 nitrogen and oxygen atoms in total. The molecule has 0 spiro atoms. The Morgan fingerprint density at radius 3 is 2.42 bits per heavy atom. The third-order valence-corrected chi connectivity index (χ3v) is 4.69. The molecule has 0 unspecified atom stereocenters. The lowest BCUT2D eigenvalue weighted by molar-refractivity contribution is -0.136. The third-order valence-electron chi connectivity index (χ3n) is 3.32. The number of aliphatic carboxylic acids is 1. The molecule has 0 aliphatic carbocycles. The number of carboxylic acids is 1. The van der Waals surface area contributed by atoms with Crippen molar-refractivity contribution in [3.05, 3.63) is 77.4 Å². The molecule has 0 saturated heterocycles. The fourth-order valence-electron chi connectivity index (χ4n) is 2.17. The van der Waals surface area contributed by atoms with Crippen molar-refractivity contribution in [2.24, 2.45) is 0 Å². The van der Waals surface area contributed by atoms with Crippen molar-refractivity contribution >= 4 is 29.3 Å². The van der Waals surface area contributed by atoms with E-state index in [9.17, 15) is 9.90 Å². The number of hydrogen-bond donors (Lipinski definition) is 1. The van der Waals surface area contributed by atoms with Crippen molar-refractivity contribution in [2.75, 3.05) is 0 Å². The standard InChI is InChI=1S/C18H13ClN2O2S/c19-14-8-6-12(7-9-14)15-10-11-20-18(21-15)24-16(17(22)23)13-4-2-1-3-5-13/h1-11,16H,(H,22,23)/t16-/m1/s1. The molecule has 0 aliphatic rings. The number of aromatic nitrogens is 2. The Morgan fingerprint density at radius 2 is 1.75 bits per heavy atom. The summed E-state index contributed by atoms with van der Waals surface area (Å²) in [7, 11) is 0. The number of benzene rings is 2. The molecule has 1 N–H and O–H groups in total. The van der Waals surface area contributed by atoms with Crippen LogP contribution in [-0.4, -0.2) is 21.0 Å². The first-order valence-electron chi connectivity index (χ1n) is 7.17. The van der Waals surface area contributed by atoms with Crippen LogP contribution < -0.4 is 0 Å². The Bertz CT molecular complexity index is 841. The van der Waals surface area contributed by atoms with E-state index in [0.717, 1.165) is 23.0 Å². The van der Waals surface area contributed by atoms with Gasteiger partial charge in [-0.1, -0.05) is 65.8 Å². The number of nitrogens with zero attached hydrogens (tertiary/aromatic N) is 2. The summed E-state index contributed by atoms with van der Waals surface area (Å²) in [5.41, 5.74) is 2.33. The van der Waals surface area contributed by atoms with Crippen LogP contribution in [0, 0.1) is 0 Å². The molecule has 0 bridgehead atoms. The third kappa shape index (κ3) is 3.93. The van der Waals surface area contributed by atoms with Crippen LogP contribution >= 0.6 is 23.4 Å². The Labute approximate surface area is 148 Å². The van der Waals surface area contributed by atoms with Gasteiger partial charge in [0.25, 0.3) is 0 Å². The minimum absolute atomic E-state index is 0.415. The smallest absolute Gasteiger partial charge is 0.321 e. The van der Waals surface area contributed by atoms with Gasteiger partial charge in [0.2, 0.25) is 0 Å². The second-order valence-corrected chi connectivity index (χ2v) is 6.49. The summed E-state index contributed by atoms with van der Waals surface area (Å²) in [6.45, 7) is 0. The molecular weight excluding hydrogens is 344 g/mol. The number of hydrogen-bond acceptors (Lipinski definition) is 4. The zero-order chi connectivity index (χ0) is 16.9. The summed E-state index contributed by atoms with van der Waals surface area (Å²) in [4.78, 5) is 20.3. The zero-order valence-corrected chi connectivity index (χ0v) is 14.0. The highest BCUT2D eigenvalue weighted by molar-refractivity contribution is 8.00. The topological polar surface area (TPSA) is 63.1 Å². The predicted molar refractivity (Wildman–Crippen MR) is 95.2 cm³/mol.